The zero-order valence-corrected chi connectivity index (χ0v) is 52.1. The van der Waals surface area contributed by atoms with E-state index in [1.165, 1.54) is 31.4 Å². The second kappa shape index (κ2) is 29.2. The van der Waals surface area contributed by atoms with Crippen molar-refractivity contribution in [1.82, 2.24) is 9.80 Å². The molecule has 6 aliphatic rings. The fourth-order valence-electron chi connectivity index (χ4n) is 12.6. The van der Waals surface area contributed by atoms with Gasteiger partial charge in [0.05, 0.1) is 55.8 Å². The Hall–Kier alpha value is -9.28. The van der Waals surface area contributed by atoms with E-state index in [0.717, 1.165) is 43.1 Å². The van der Waals surface area contributed by atoms with Crippen molar-refractivity contribution in [3.63, 3.8) is 0 Å². The number of amides is 4. The van der Waals surface area contributed by atoms with Gasteiger partial charge in [0.1, 0.15) is 72.9 Å². The van der Waals surface area contributed by atoms with Crippen molar-refractivity contribution in [1.29, 1.82) is 0 Å². The number of hydrogen-bond donors (Lipinski definition) is 0. The molecule has 0 radical (unpaired) electrons. The molecule has 6 aromatic carbocycles. The van der Waals surface area contributed by atoms with Crippen molar-refractivity contribution in [2.45, 2.75) is 139 Å². The second-order valence-electron chi connectivity index (χ2n) is 23.1. The normalized spacial score (nSPS) is 28.6. The molecule has 12 rings (SSSR count). The van der Waals surface area contributed by atoms with Gasteiger partial charge in [0, 0.05) is 33.3 Å². The minimum absolute atomic E-state index is 0.0178. The summed E-state index contributed by atoms with van der Waals surface area (Å²) < 4.78 is 98.3. The first-order chi connectivity index (χ1) is 46.0. The van der Waals surface area contributed by atoms with Crippen LogP contribution in [0.15, 0.2) is 164 Å². The fourth-order valence-corrected chi connectivity index (χ4v) is 12.6. The van der Waals surface area contributed by atoms with Gasteiger partial charge in [-0.2, -0.15) is 0 Å². The highest BCUT2D eigenvalue weighted by atomic mass is 16.8. The van der Waals surface area contributed by atoms with E-state index in [1.54, 1.807) is 103 Å². The fraction of sp³-hybridized carbons (Fsp3) is 0.371. The van der Waals surface area contributed by atoms with Crippen molar-refractivity contribution in [3.8, 4) is 11.5 Å². The van der Waals surface area contributed by atoms with Crippen molar-refractivity contribution in [2.24, 2.45) is 0 Å². The van der Waals surface area contributed by atoms with E-state index in [4.69, 9.17) is 71.1 Å². The number of nitrogens with zero attached hydrogens (tertiary/aromatic N) is 2. The SMILES string of the molecule is COc1ccc(O[C@@H]2O[C@@H]3COC(c4ccccc4)O[C@H]3[C@H](O[C@H]3O[C@H](COCc4ccccc4)[C@H](OC(C)=O)[C@H](O[C@@H]4O[C@H](COC(C)=O)[C@@H](OC(C)=O)[C@H](OC(C)=O)[C@H]4N4C(=O)c5ccccc5C4=O)[C@H]3OCc3ccccc3)[C@H]2N2C(=O)c3ccccc3C2=O)cc1. The van der Waals surface area contributed by atoms with E-state index < -0.39 is 159 Å². The number of imide groups is 2. The van der Waals surface area contributed by atoms with Crippen LogP contribution in [0.3, 0.4) is 0 Å². The number of fused-ring (bicyclic) bond motifs is 3. The molecular weight excluding hydrogens is 1240 g/mol. The molecule has 6 aliphatic heterocycles. The van der Waals surface area contributed by atoms with Crippen LogP contribution in [0, 0.1) is 0 Å². The van der Waals surface area contributed by atoms with Crippen LogP contribution < -0.4 is 9.47 Å². The molecule has 6 heterocycles. The Morgan fingerprint density at radius 3 is 1.45 bits per heavy atom. The van der Waals surface area contributed by atoms with Gasteiger partial charge < -0.3 is 71.1 Å². The maximum absolute atomic E-state index is 15.2. The molecule has 4 fully saturated rings. The van der Waals surface area contributed by atoms with Crippen LogP contribution >= 0.6 is 0 Å². The molecule has 0 spiro atoms. The van der Waals surface area contributed by atoms with Gasteiger partial charge in [-0.15, -0.1) is 0 Å². The largest absolute Gasteiger partial charge is 0.497 e. The lowest BCUT2D eigenvalue weighted by atomic mass is 9.92. The number of rotatable bonds is 22. The molecule has 25 heteroatoms. The Bertz CT molecular complexity index is 3700. The van der Waals surface area contributed by atoms with Crippen molar-refractivity contribution >= 4 is 47.5 Å². The Labute approximate surface area is 545 Å². The first kappa shape index (κ1) is 65.8. The summed E-state index contributed by atoms with van der Waals surface area (Å²) in [6.45, 7) is 2.82. The van der Waals surface area contributed by atoms with E-state index in [1.807, 2.05) is 36.4 Å². The lowest BCUT2D eigenvalue weighted by molar-refractivity contribution is -0.390. The highest BCUT2D eigenvalue weighted by Gasteiger charge is 2.63. The molecule has 25 nitrogen and oxygen atoms in total. The monoisotopic (exact) mass is 1300 g/mol. The number of carbonyl (C=O) groups excluding carboxylic acids is 8. The van der Waals surface area contributed by atoms with Crippen LogP contribution in [-0.4, -0.2) is 176 Å². The third-order valence-corrected chi connectivity index (χ3v) is 16.8. The van der Waals surface area contributed by atoms with Crippen LogP contribution in [0.5, 0.6) is 11.5 Å². The van der Waals surface area contributed by atoms with E-state index >= 15 is 9.59 Å². The van der Waals surface area contributed by atoms with Gasteiger partial charge in [-0.25, -0.2) is 0 Å². The first-order valence-electron chi connectivity index (χ1n) is 30.8. The number of esters is 4. The van der Waals surface area contributed by atoms with Crippen LogP contribution in [0.2, 0.25) is 0 Å². The minimum Gasteiger partial charge on any atom is -0.497 e. The summed E-state index contributed by atoms with van der Waals surface area (Å²) in [5.74, 6) is -6.14. The highest BCUT2D eigenvalue weighted by molar-refractivity contribution is 6.22. The molecule has 0 N–H and O–H groups in total. The average molecular weight is 1310 g/mol. The summed E-state index contributed by atoms with van der Waals surface area (Å²) in [7, 11) is 1.50. The molecule has 0 bridgehead atoms. The first-order valence-corrected chi connectivity index (χ1v) is 30.8. The Morgan fingerprint density at radius 2 is 0.916 bits per heavy atom. The molecule has 95 heavy (non-hydrogen) atoms. The average Bonchev–Trinajstić information content (AvgIpc) is 1.71. The Kier molecular flexibility index (Phi) is 20.2. The van der Waals surface area contributed by atoms with Crippen molar-refractivity contribution in [2.75, 3.05) is 26.9 Å². The summed E-state index contributed by atoms with van der Waals surface area (Å²) in [5.41, 5.74) is 1.93. The zero-order chi connectivity index (χ0) is 66.4. The lowest BCUT2D eigenvalue weighted by Crippen LogP contribution is -2.72. The van der Waals surface area contributed by atoms with Crippen LogP contribution in [0.25, 0.3) is 0 Å². The van der Waals surface area contributed by atoms with Crippen LogP contribution in [0.4, 0.5) is 0 Å². The third kappa shape index (κ3) is 14.2. The van der Waals surface area contributed by atoms with Gasteiger partial charge in [0.15, 0.2) is 37.2 Å². The molecule has 16 atom stereocenters. The van der Waals surface area contributed by atoms with Gasteiger partial charge in [-0.05, 0) is 59.7 Å². The van der Waals surface area contributed by atoms with Gasteiger partial charge in [-0.1, -0.05) is 115 Å². The molecule has 496 valence electrons. The van der Waals surface area contributed by atoms with Gasteiger partial charge in [0.25, 0.3) is 23.6 Å². The molecule has 6 aromatic rings. The van der Waals surface area contributed by atoms with Crippen molar-refractivity contribution < 1.29 is 109 Å². The molecule has 4 saturated heterocycles. The van der Waals surface area contributed by atoms with Crippen LogP contribution in [0.1, 0.15) is 92.1 Å². The second-order valence-corrected chi connectivity index (χ2v) is 23.1. The number of benzene rings is 6. The van der Waals surface area contributed by atoms with Gasteiger partial charge >= 0.3 is 23.9 Å². The van der Waals surface area contributed by atoms with E-state index in [2.05, 4.69) is 0 Å². The third-order valence-electron chi connectivity index (χ3n) is 16.8. The number of carbonyl (C=O) groups is 8. The Morgan fingerprint density at radius 1 is 0.453 bits per heavy atom. The minimum atomic E-state index is -2.05. The summed E-state index contributed by atoms with van der Waals surface area (Å²) >= 11 is 0. The van der Waals surface area contributed by atoms with Crippen molar-refractivity contribution in [3.05, 3.63) is 203 Å². The van der Waals surface area contributed by atoms with E-state index in [9.17, 15) is 28.8 Å². The molecule has 1 unspecified atom stereocenters. The quantitative estimate of drug-likeness (QED) is 0.0392. The number of ether oxygens (including phenoxy) is 15. The molecule has 0 aliphatic carbocycles. The predicted molar refractivity (Wildman–Crippen MR) is 325 cm³/mol. The summed E-state index contributed by atoms with van der Waals surface area (Å²) in [6.07, 6.45) is -22.3. The number of methoxy groups -OCH3 is 1. The maximum Gasteiger partial charge on any atom is 0.303 e. The molecular formula is C70H68N2O23. The summed E-state index contributed by atoms with van der Waals surface area (Å²) in [6, 6.07) is 42.2. The summed E-state index contributed by atoms with van der Waals surface area (Å²) in [5, 5.41) is 0. The molecule has 4 amide bonds. The standard InChI is InChI=1S/C70H68N2O23/c1-38(73)83-36-52-56(86-39(2)74)59(88-41(4)76)54(71-63(77)47-25-15-16-26-48(47)64(71)78)69(91-52)95-61-58(87-40(3)75)51(35-82-33-42-19-9-6-10-20-42)92-70(62(61)84-34-43-21-11-7-12-22-43)94-60-55(72-65(79)49-27-17-18-28-50(49)66(72)80)68(89-46-31-29-45(81-5)30-32-46)90-53-37-85-67(93-57(53)60)44-23-13-8-14-24-44/h6-32,51-62,67-70H,33-37H2,1-5H3/t51-,52-,53-,54-,55-,56-,57-,58+,59-,60-,61+,62-,67?,68-,69+,70-/m1/s1. The zero-order valence-electron chi connectivity index (χ0n) is 52.1. The highest BCUT2D eigenvalue weighted by Crippen LogP contribution is 2.44. The maximum atomic E-state index is 15.2. The predicted octanol–water partition coefficient (Wildman–Crippen LogP) is 6.62. The number of hydrogen-bond acceptors (Lipinski definition) is 23. The molecule has 0 saturated carbocycles. The van der Waals surface area contributed by atoms with Gasteiger partial charge in [-0.3, -0.25) is 48.2 Å². The lowest BCUT2D eigenvalue weighted by Gasteiger charge is -2.53. The smallest absolute Gasteiger partial charge is 0.303 e. The van der Waals surface area contributed by atoms with Crippen LogP contribution in [-0.2, 0) is 94.0 Å². The summed E-state index contributed by atoms with van der Waals surface area (Å²) in [4.78, 5) is 115. The molecule has 0 aromatic heterocycles. The van der Waals surface area contributed by atoms with Gasteiger partial charge in [0.2, 0.25) is 6.29 Å². The van der Waals surface area contributed by atoms with E-state index in [0.29, 0.717) is 16.9 Å². The van der Waals surface area contributed by atoms with E-state index in [-0.39, 0.29) is 47.8 Å². The Balaban J connectivity index is 1.04. The topological polar surface area (TPSA) is 281 Å².